The van der Waals surface area contributed by atoms with E-state index in [1.807, 2.05) is 0 Å². The molecule has 2 saturated heterocycles. The first-order valence-electron chi connectivity index (χ1n) is 10.7. The van der Waals surface area contributed by atoms with E-state index in [9.17, 15) is 23.2 Å². The minimum Gasteiger partial charge on any atom is -0.338 e. The third kappa shape index (κ3) is 4.49. The van der Waals surface area contributed by atoms with Crippen LogP contribution in [0.1, 0.15) is 34.3 Å². The van der Waals surface area contributed by atoms with Crippen molar-refractivity contribution in [3.63, 3.8) is 0 Å². The Morgan fingerprint density at radius 1 is 0.969 bits per heavy atom. The summed E-state index contributed by atoms with van der Waals surface area (Å²) in [5, 5.41) is 0. The van der Waals surface area contributed by atoms with Gasteiger partial charge in [-0.2, -0.15) is 0 Å². The number of hydrogen-bond donors (Lipinski definition) is 0. The van der Waals surface area contributed by atoms with E-state index in [2.05, 4.69) is 0 Å². The van der Waals surface area contributed by atoms with E-state index in [0.717, 1.165) is 0 Å². The van der Waals surface area contributed by atoms with Crippen LogP contribution in [0, 0.1) is 18.6 Å². The molecule has 0 saturated carbocycles. The van der Waals surface area contributed by atoms with Gasteiger partial charge in [0.2, 0.25) is 0 Å². The second-order valence-electron chi connectivity index (χ2n) is 8.34. The zero-order chi connectivity index (χ0) is 22.8. The van der Waals surface area contributed by atoms with E-state index in [4.69, 9.17) is 0 Å². The summed E-state index contributed by atoms with van der Waals surface area (Å²) in [6.45, 7) is 3.49. The van der Waals surface area contributed by atoms with Crippen LogP contribution in [-0.2, 0) is 16.1 Å². The van der Waals surface area contributed by atoms with Crippen LogP contribution in [0.4, 0.5) is 8.78 Å². The highest BCUT2D eigenvalue weighted by atomic mass is 19.1. The zero-order valence-corrected chi connectivity index (χ0v) is 17.9. The molecule has 32 heavy (non-hydrogen) atoms. The lowest BCUT2D eigenvalue weighted by Crippen LogP contribution is -2.59. The molecule has 168 valence electrons. The topological polar surface area (TPSA) is 60.9 Å². The molecule has 2 aliphatic heterocycles. The van der Waals surface area contributed by atoms with Gasteiger partial charge in [0.25, 0.3) is 5.91 Å². The van der Waals surface area contributed by atoms with Gasteiger partial charge in [-0.1, -0.05) is 18.2 Å². The smallest absolute Gasteiger partial charge is 0.312 e. The number of carbonyl (C=O) groups is 3. The Hall–Kier alpha value is -3.29. The molecule has 0 radical (unpaired) electrons. The van der Waals surface area contributed by atoms with Crippen molar-refractivity contribution in [3.8, 4) is 0 Å². The van der Waals surface area contributed by atoms with Gasteiger partial charge >= 0.3 is 11.8 Å². The normalized spacial score (nSPS) is 17.8. The number of hydrogen-bond acceptors (Lipinski definition) is 3. The van der Waals surface area contributed by atoms with Crippen molar-refractivity contribution in [1.82, 2.24) is 14.7 Å². The lowest BCUT2D eigenvalue weighted by molar-refractivity contribution is -0.158. The number of piperazine rings is 1. The first kappa shape index (κ1) is 21.9. The summed E-state index contributed by atoms with van der Waals surface area (Å²) < 4.78 is 27.2. The molecular formula is C24H25F2N3O3. The number of carbonyl (C=O) groups excluding carboxylic acids is 3. The van der Waals surface area contributed by atoms with Gasteiger partial charge in [0, 0.05) is 44.3 Å². The average Bonchev–Trinajstić information content (AvgIpc) is 2.79. The summed E-state index contributed by atoms with van der Waals surface area (Å²) >= 11 is 0. The molecule has 0 aromatic heterocycles. The molecule has 0 unspecified atom stereocenters. The number of halogens is 2. The molecule has 0 atom stereocenters. The molecular weight excluding hydrogens is 416 g/mol. The fourth-order valence-corrected chi connectivity index (χ4v) is 4.33. The fourth-order valence-electron chi connectivity index (χ4n) is 4.33. The van der Waals surface area contributed by atoms with Gasteiger partial charge in [0.1, 0.15) is 11.6 Å². The molecule has 0 N–H and O–H groups in total. The molecule has 2 heterocycles. The van der Waals surface area contributed by atoms with Crippen molar-refractivity contribution < 1.29 is 23.2 Å². The summed E-state index contributed by atoms with van der Waals surface area (Å²) in [5.41, 5.74) is 1.43. The Balaban J connectivity index is 1.34. The van der Waals surface area contributed by atoms with Crippen LogP contribution in [-0.4, -0.2) is 64.6 Å². The van der Waals surface area contributed by atoms with Crippen molar-refractivity contribution >= 4 is 17.7 Å². The maximum absolute atomic E-state index is 13.8. The highest BCUT2D eigenvalue weighted by Gasteiger charge is 2.38. The lowest BCUT2D eigenvalue weighted by atomic mass is 10.0. The first-order chi connectivity index (χ1) is 15.3. The quantitative estimate of drug-likeness (QED) is 0.686. The van der Waals surface area contributed by atoms with Crippen LogP contribution in [0.25, 0.3) is 0 Å². The maximum Gasteiger partial charge on any atom is 0.312 e. The second kappa shape index (κ2) is 9.06. The van der Waals surface area contributed by atoms with Gasteiger partial charge in [-0.3, -0.25) is 14.4 Å². The second-order valence-corrected chi connectivity index (χ2v) is 8.34. The molecule has 0 bridgehead atoms. The SMILES string of the molecule is Cc1ccc(C(=O)N2CCC(N3CCN(Cc4cccc(F)c4)C(=O)C3=O)CC2)cc1F. The molecule has 6 nitrogen and oxygen atoms in total. The third-order valence-corrected chi connectivity index (χ3v) is 6.22. The predicted octanol–water partition coefficient (Wildman–Crippen LogP) is 2.75. The number of likely N-dealkylation sites (tertiary alicyclic amines) is 1. The number of amides is 3. The number of aryl methyl sites for hydroxylation is 1. The van der Waals surface area contributed by atoms with Crippen molar-refractivity contribution in [1.29, 1.82) is 0 Å². The highest BCUT2D eigenvalue weighted by Crippen LogP contribution is 2.22. The number of rotatable bonds is 4. The molecule has 3 amide bonds. The summed E-state index contributed by atoms with van der Waals surface area (Å²) in [5.74, 6) is -2.17. The van der Waals surface area contributed by atoms with Crippen LogP contribution < -0.4 is 0 Å². The molecule has 2 aromatic carbocycles. The number of piperidine rings is 1. The minimum absolute atomic E-state index is 0.124. The zero-order valence-electron chi connectivity index (χ0n) is 17.9. The Morgan fingerprint density at radius 2 is 1.72 bits per heavy atom. The van der Waals surface area contributed by atoms with E-state index >= 15 is 0 Å². The molecule has 2 aliphatic rings. The predicted molar refractivity (Wildman–Crippen MR) is 114 cm³/mol. The van der Waals surface area contributed by atoms with Gasteiger partial charge < -0.3 is 14.7 Å². The van der Waals surface area contributed by atoms with Crippen molar-refractivity contribution in [2.24, 2.45) is 0 Å². The van der Waals surface area contributed by atoms with E-state index in [-0.39, 0.29) is 24.3 Å². The highest BCUT2D eigenvalue weighted by molar-refractivity contribution is 6.35. The van der Waals surface area contributed by atoms with Gasteiger partial charge in [-0.25, -0.2) is 8.78 Å². The van der Waals surface area contributed by atoms with Crippen molar-refractivity contribution in [2.75, 3.05) is 26.2 Å². The first-order valence-corrected chi connectivity index (χ1v) is 10.7. The molecule has 0 aliphatic carbocycles. The fraction of sp³-hybridized carbons (Fsp3) is 0.375. The van der Waals surface area contributed by atoms with E-state index < -0.39 is 17.6 Å². The Labute approximate surface area is 185 Å². The van der Waals surface area contributed by atoms with Crippen LogP contribution in [0.15, 0.2) is 42.5 Å². The maximum atomic E-state index is 13.8. The van der Waals surface area contributed by atoms with E-state index in [1.165, 1.54) is 23.1 Å². The molecule has 2 aromatic rings. The van der Waals surface area contributed by atoms with Gasteiger partial charge in [-0.05, 0) is 55.2 Å². The van der Waals surface area contributed by atoms with Crippen LogP contribution >= 0.6 is 0 Å². The van der Waals surface area contributed by atoms with Crippen LogP contribution in [0.3, 0.4) is 0 Å². The van der Waals surface area contributed by atoms with Gasteiger partial charge in [-0.15, -0.1) is 0 Å². The summed E-state index contributed by atoms with van der Waals surface area (Å²) in [6.07, 6.45) is 1.12. The molecule has 8 heteroatoms. The monoisotopic (exact) mass is 441 g/mol. The number of benzene rings is 2. The molecule has 0 spiro atoms. The largest absolute Gasteiger partial charge is 0.338 e. The summed E-state index contributed by atoms with van der Waals surface area (Å²) in [6, 6.07) is 10.3. The molecule has 2 fully saturated rings. The number of nitrogens with zero attached hydrogens (tertiary/aromatic N) is 3. The van der Waals surface area contributed by atoms with Gasteiger partial charge in [0.15, 0.2) is 0 Å². The lowest BCUT2D eigenvalue weighted by Gasteiger charge is -2.42. The van der Waals surface area contributed by atoms with Gasteiger partial charge in [0.05, 0.1) is 0 Å². The Bertz CT molecular complexity index is 1050. The van der Waals surface area contributed by atoms with Crippen molar-refractivity contribution in [2.45, 2.75) is 32.4 Å². The minimum atomic E-state index is -0.589. The standard InChI is InChI=1S/C24H25F2N3O3/c1-16-5-6-18(14-21(16)26)22(30)27-9-7-20(8-10-27)29-12-11-28(23(31)24(29)32)15-17-3-2-4-19(25)13-17/h2-6,13-14,20H,7-12,15H2,1H3. The summed E-state index contributed by atoms with van der Waals surface area (Å²) in [4.78, 5) is 42.8. The van der Waals surface area contributed by atoms with E-state index in [0.29, 0.717) is 55.7 Å². The summed E-state index contributed by atoms with van der Waals surface area (Å²) in [7, 11) is 0. The van der Waals surface area contributed by atoms with Crippen molar-refractivity contribution in [3.05, 3.63) is 70.8 Å². The average molecular weight is 441 g/mol. The Morgan fingerprint density at radius 3 is 2.41 bits per heavy atom. The Kier molecular flexibility index (Phi) is 6.21. The third-order valence-electron chi connectivity index (χ3n) is 6.22. The van der Waals surface area contributed by atoms with Crippen LogP contribution in [0.2, 0.25) is 0 Å². The van der Waals surface area contributed by atoms with E-state index in [1.54, 1.807) is 41.0 Å². The molecule has 4 rings (SSSR count). The van der Waals surface area contributed by atoms with Crippen LogP contribution in [0.5, 0.6) is 0 Å².